The van der Waals surface area contributed by atoms with Gasteiger partial charge in [0.1, 0.15) is 0 Å². The molecule has 1 fully saturated rings. The van der Waals surface area contributed by atoms with Crippen molar-refractivity contribution in [2.24, 2.45) is 5.92 Å². The number of likely N-dealkylation sites (tertiary alicyclic amines) is 1. The molecule has 0 unspecified atom stereocenters. The highest BCUT2D eigenvalue weighted by molar-refractivity contribution is 5.78. The van der Waals surface area contributed by atoms with Crippen molar-refractivity contribution in [3.05, 3.63) is 0 Å². The van der Waals surface area contributed by atoms with Crippen LogP contribution < -0.4 is 5.32 Å². The van der Waals surface area contributed by atoms with E-state index in [4.69, 9.17) is 0 Å². The molecule has 1 aliphatic heterocycles. The van der Waals surface area contributed by atoms with E-state index in [1.165, 1.54) is 0 Å². The average molecular weight is 212 g/mol. The summed E-state index contributed by atoms with van der Waals surface area (Å²) in [6.07, 6.45) is 3.17. The summed E-state index contributed by atoms with van der Waals surface area (Å²) in [7, 11) is 1.73. The van der Waals surface area contributed by atoms with E-state index in [1.807, 2.05) is 0 Å². The zero-order valence-corrected chi connectivity index (χ0v) is 10.5. The molecule has 3 heteroatoms. The molecule has 0 aliphatic carbocycles. The average Bonchev–Trinajstić information content (AvgIpc) is 2.28. The third-order valence-electron chi connectivity index (χ3n) is 3.83. The van der Waals surface area contributed by atoms with Crippen LogP contribution in [0.1, 0.15) is 40.0 Å². The van der Waals surface area contributed by atoms with Crippen molar-refractivity contribution in [3.63, 3.8) is 0 Å². The van der Waals surface area contributed by atoms with Crippen molar-refractivity contribution in [2.45, 2.75) is 45.6 Å². The van der Waals surface area contributed by atoms with Crippen molar-refractivity contribution < 1.29 is 4.79 Å². The summed E-state index contributed by atoms with van der Waals surface area (Å²) in [4.78, 5) is 14.0. The first kappa shape index (κ1) is 12.5. The molecule has 0 radical (unpaired) electrons. The van der Waals surface area contributed by atoms with E-state index in [0.717, 1.165) is 32.4 Å². The number of carbonyl (C=O) groups excluding carboxylic acids is 1. The van der Waals surface area contributed by atoms with Crippen LogP contribution in [-0.2, 0) is 4.79 Å². The van der Waals surface area contributed by atoms with Gasteiger partial charge in [-0.15, -0.1) is 0 Å². The number of nitrogens with zero attached hydrogens (tertiary/aromatic N) is 1. The quantitative estimate of drug-likeness (QED) is 0.771. The lowest BCUT2D eigenvalue weighted by Crippen LogP contribution is -2.49. The van der Waals surface area contributed by atoms with E-state index in [-0.39, 0.29) is 17.4 Å². The first-order valence-electron chi connectivity index (χ1n) is 5.98. The molecule has 0 saturated carbocycles. The zero-order chi connectivity index (χ0) is 11.5. The molecule has 88 valence electrons. The van der Waals surface area contributed by atoms with Gasteiger partial charge < -0.3 is 5.32 Å². The Bertz CT molecular complexity index is 218. The Kier molecular flexibility index (Phi) is 4.14. The highest BCUT2D eigenvalue weighted by Gasteiger charge is 2.31. The lowest BCUT2D eigenvalue weighted by atomic mass is 9.90. The van der Waals surface area contributed by atoms with E-state index < -0.39 is 0 Å². The second-order valence-corrected chi connectivity index (χ2v) is 5.04. The highest BCUT2D eigenvalue weighted by Crippen LogP contribution is 2.26. The lowest BCUT2D eigenvalue weighted by molar-refractivity contribution is -0.126. The molecule has 15 heavy (non-hydrogen) atoms. The van der Waals surface area contributed by atoms with Gasteiger partial charge in [0.25, 0.3) is 0 Å². The van der Waals surface area contributed by atoms with Crippen LogP contribution in [0.3, 0.4) is 0 Å². The van der Waals surface area contributed by atoms with Crippen molar-refractivity contribution in [2.75, 3.05) is 20.1 Å². The number of hydrogen-bond donors (Lipinski definition) is 1. The molecule has 0 spiro atoms. The SMILES string of the molecule is CCC(C)(C)N1CCC(C(=O)NC)CC1. The van der Waals surface area contributed by atoms with Gasteiger partial charge >= 0.3 is 0 Å². The Balaban J connectivity index is 2.46. The van der Waals surface area contributed by atoms with E-state index in [0.29, 0.717) is 0 Å². The fraction of sp³-hybridized carbons (Fsp3) is 0.917. The van der Waals surface area contributed by atoms with Gasteiger partial charge in [-0.25, -0.2) is 0 Å². The Morgan fingerprint density at radius 3 is 2.33 bits per heavy atom. The van der Waals surface area contributed by atoms with Crippen LogP contribution in [0.5, 0.6) is 0 Å². The maximum Gasteiger partial charge on any atom is 0.222 e. The van der Waals surface area contributed by atoms with E-state index >= 15 is 0 Å². The highest BCUT2D eigenvalue weighted by atomic mass is 16.1. The van der Waals surface area contributed by atoms with Crippen LogP contribution >= 0.6 is 0 Å². The number of carbonyl (C=O) groups is 1. The van der Waals surface area contributed by atoms with Gasteiger partial charge in [-0.05, 0) is 46.2 Å². The molecule has 0 bridgehead atoms. The summed E-state index contributed by atoms with van der Waals surface area (Å²) in [5.74, 6) is 0.447. The van der Waals surface area contributed by atoms with Crippen LogP contribution in [-0.4, -0.2) is 36.5 Å². The largest absolute Gasteiger partial charge is 0.359 e. The molecule has 1 aliphatic rings. The maximum absolute atomic E-state index is 11.5. The molecule has 1 heterocycles. The van der Waals surface area contributed by atoms with Gasteiger partial charge in [0, 0.05) is 18.5 Å². The Morgan fingerprint density at radius 2 is 1.93 bits per heavy atom. The fourth-order valence-electron chi connectivity index (χ4n) is 2.17. The van der Waals surface area contributed by atoms with Crippen molar-refractivity contribution in [3.8, 4) is 0 Å². The molecule has 0 aromatic carbocycles. The van der Waals surface area contributed by atoms with Crippen LogP contribution in [0.15, 0.2) is 0 Å². The lowest BCUT2D eigenvalue weighted by Gasteiger charge is -2.42. The van der Waals surface area contributed by atoms with Crippen LogP contribution in [0, 0.1) is 5.92 Å². The van der Waals surface area contributed by atoms with Crippen molar-refractivity contribution >= 4 is 5.91 Å². The topological polar surface area (TPSA) is 32.3 Å². The first-order valence-corrected chi connectivity index (χ1v) is 5.98. The standard InChI is InChI=1S/C12H24N2O/c1-5-12(2,3)14-8-6-10(7-9-14)11(15)13-4/h10H,5-9H2,1-4H3,(H,13,15). The van der Waals surface area contributed by atoms with Gasteiger partial charge in [-0.1, -0.05) is 6.92 Å². The second-order valence-electron chi connectivity index (χ2n) is 5.04. The van der Waals surface area contributed by atoms with E-state index in [9.17, 15) is 4.79 Å². The summed E-state index contributed by atoms with van der Waals surface area (Å²) < 4.78 is 0. The number of amides is 1. The summed E-state index contributed by atoms with van der Waals surface area (Å²) in [5.41, 5.74) is 0.285. The molecule has 1 amide bonds. The Hall–Kier alpha value is -0.570. The number of piperidine rings is 1. The predicted octanol–water partition coefficient (Wildman–Crippen LogP) is 1.63. The molecule has 3 nitrogen and oxygen atoms in total. The molecule has 0 atom stereocenters. The van der Waals surface area contributed by atoms with Gasteiger partial charge in [-0.3, -0.25) is 9.69 Å². The molecule has 1 saturated heterocycles. The summed E-state index contributed by atoms with van der Waals surface area (Å²) >= 11 is 0. The Labute approximate surface area is 93.2 Å². The van der Waals surface area contributed by atoms with E-state index in [2.05, 4.69) is 31.0 Å². The second kappa shape index (κ2) is 4.97. The molecular weight excluding hydrogens is 188 g/mol. The molecule has 1 N–H and O–H groups in total. The summed E-state index contributed by atoms with van der Waals surface area (Å²) in [5, 5.41) is 2.74. The van der Waals surface area contributed by atoms with Gasteiger partial charge in [0.15, 0.2) is 0 Å². The molecular formula is C12H24N2O. The van der Waals surface area contributed by atoms with Crippen LogP contribution in [0.2, 0.25) is 0 Å². The van der Waals surface area contributed by atoms with Gasteiger partial charge in [0.05, 0.1) is 0 Å². The third-order valence-corrected chi connectivity index (χ3v) is 3.83. The number of hydrogen-bond acceptors (Lipinski definition) is 2. The smallest absolute Gasteiger partial charge is 0.222 e. The minimum absolute atomic E-state index is 0.212. The number of nitrogens with one attached hydrogen (secondary N) is 1. The third kappa shape index (κ3) is 2.94. The fourth-order valence-corrected chi connectivity index (χ4v) is 2.17. The zero-order valence-electron chi connectivity index (χ0n) is 10.5. The Morgan fingerprint density at radius 1 is 1.40 bits per heavy atom. The molecule has 1 rings (SSSR count). The predicted molar refractivity (Wildman–Crippen MR) is 62.7 cm³/mol. The van der Waals surface area contributed by atoms with Crippen LogP contribution in [0.4, 0.5) is 0 Å². The maximum atomic E-state index is 11.5. The normalized spacial score (nSPS) is 20.3. The number of rotatable bonds is 3. The molecule has 0 aromatic heterocycles. The van der Waals surface area contributed by atoms with Crippen molar-refractivity contribution in [1.29, 1.82) is 0 Å². The summed E-state index contributed by atoms with van der Waals surface area (Å²) in [6, 6.07) is 0. The summed E-state index contributed by atoms with van der Waals surface area (Å²) in [6.45, 7) is 8.91. The van der Waals surface area contributed by atoms with Crippen molar-refractivity contribution in [1.82, 2.24) is 10.2 Å². The monoisotopic (exact) mass is 212 g/mol. The molecule has 0 aromatic rings. The van der Waals surface area contributed by atoms with Gasteiger partial charge in [0.2, 0.25) is 5.91 Å². The first-order chi connectivity index (χ1) is 7.01. The van der Waals surface area contributed by atoms with Crippen LogP contribution in [0.25, 0.3) is 0 Å². The van der Waals surface area contributed by atoms with E-state index in [1.54, 1.807) is 7.05 Å². The minimum atomic E-state index is 0.212. The minimum Gasteiger partial charge on any atom is -0.359 e. The van der Waals surface area contributed by atoms with Gasteiger partial charge in [-0.2, -0.15) is 0 Å².